The van der Waals surface area contributed by atoms with Gasteiger partial charge in [0.05, 0.1) is 17.3 Å². The number of nitrogens with one attached hydrogen (secondary N) is 1. The summed E-state index contributed by atoms with van der Waals surface area (Å²) >= 11 is 7.32. The van der Waals surface area contributed by atoms with Gasteiger partial charge in [-0.3, -0.25) is 4.79 Å². The Morgan fingerprint density at radius 2 is 2.23 bits per heavy atom. The van der Waals surface area contributed by atoms with Gasteiger partial charge in [-0.15, -0.1) is 10.2 Å². The van der Waals surface area contributed by atoms with Crippen LogP contribution in [0, 0.1) is 0 Å². The van der Waals surface area contributed by atoms with Gasteiger partial charge in [-0.2, -0.15) is 0 Å². The van der Waals surface area contributed by atoms with Crippen LogP contribution in [0.5, 0.6) is 0 Å². The van der Waals surface area contributed by atoms with Crippen LogP contribution in [-0.4, -0.2) is 52.4 Å². The molecule has 0 unspecified atom stereocenters. The van der Waals surface area contributed by atoms with Crippen molar-refractivity contribution in [1.29, 1.82) is 0 Å². The summed E-state index contributed by atoms with van der Waals surface area (Å²) in [6.07, 6.45) is 0.475. The fourth-order valence-corrected chi connectivity index (χ4v) is 5.51. The van der Waals surface area contributed by atoms with E-state index in [0.29, 0.717) is 29.0 Å². The first kappa shape index (κ1) is 19.2. The molecule has 1 aliphatic heterocycles. The standard InChI is InChI=1S/C16H19ClN4O3S2/c1-2-21-15(11-4-3-5-12(17)8-11)19-20-16(21)25-9-14(22)18-13-6-7-26(23,24)10-13/h3-5,8,13H,2,6-7,9-10H2,1H3,(H,18,22)/t13-/m0/s1. The van der Waals surface area contributed by atoms with Crippen LogP contribution >= 0.6 is 23.4 Å². The molecule has 0 aliphatic carbocycles. The smallest absolute Gasteiger partial charge is 0.230 e. The van der Waals surface area contributed by atoms with Crippen molar-refractivity contribution in [3.8, 4) is 11.4 Å². The third-order valence-electron chi connectivity index (χ3n) is 4.05. The highest BCUT2D eigenvalue weighted by atomic mass is 35.5. The molecule has 1 aromatic heterocycles. The molecule has 1 fully saturated rings. The van der Waals surface area contributed by atoms with Crippen molar-refractivity contribution in [1.82, 2.24) is 20.1 Å². The molecule has 0 saturated carbocycles. The summed E-state index contributed by atoms with van der Waals surface area (Å²) in [6, 6.07) is 7.07. The summed E-state index contributed by atoms with van der Waals surface area (Å²) in [5.74, 6) is 0.808. The normalized spacial score (nSPS) is 18.8. The quantitative estimate of drug-likeness (QED) is 0.726. The van der Waals surface area contributed by atoms with Crippen LogP contribution in [-0.2, 0) is 21.2 Å². The molecule has 0 spiro atoms. The van der Waals surface area contributed by atoms with Crippen molar-refractivity contribution in [2.75, 3.05) is 17.3 Å². The van der Waals surface area contributed by atoms with Gasteiger partial charge in [-0.05, 0) is 25.5 Å². The van der Waals surface area contributed by atoms with Gasteiger partial charge in [0, 0.05) is 23.2 Å². The summed E-state index contributed by atoms with van der Waals surface area (Å²) < 4.78 is 24.8. The summed E-state index contributed by atoms with van der Waals surface area (Å²) in [6.45, 7) is 2.63. The molecule has 1 amide bonds. The number of nitrogens with zero attached hydrogens (tertiary/aromatic N) is 3. The number of hydrogen-bond donors (Lipinski definition) is 1. The Hall–Kier alpha value is -1.58. The number of thioether (sulfide) groups is 1. The van der Waals surface area contributed by atoms with E-state index in [-0.39, 0.29) is 29.2 Å². The van der Waals surface area contributed by atoms with Gasteiger partial charge in [0.15, 0.2) is 20.8 Å². The van der Waals surface area contributed by atoms with E-state index in [1.807, 2.05) is 29.7 Å². The average Bonchev–Trinajstić information content (AvgIpc) is 3.15. The van der Waals surface area contributed by atoms with E-state index in [9.17, 15) is 13.2 Å². The van der Waals surface area contributed by atoms with Crippen LogP contribution in [0.1, 0.15) is 13.3 Å². The molecule has 0 bridgehead atoms. The SMILES string of the molecule is CCn1c(SCC(=O)N[C@H]2CCS(=O)(=O)C2)nnc1-c1cccc(Cl)c1. The first-order valence-corrected chi connectivity index (χ1v) is 11.4. The van der Waals surface area contributed by atoms with Gasteiger partial charge in [0.1, 0.15) is 0 Å². The van der Waals surface area contributed by atoms with E-state index in [2.05, 4.69) is 15.5 Å². The third kappa shape index (κ3) is 4.57. The Balaban J connectivity index is 1.64. The van der Waals surface area contributed by atoms with E-state index in [1.165, 1.54) is 11.8 Å². The Morgan fingerprint density at radius 1 is 1.42 bits per heavy atom. The maximum absolute atomic E-state index is 12.1. The van der Waals surface area contributed by atoms with Crippen LogP contribution in [0.4, 0.5) is 0 Å². The summed E-state index contributed by atoms with van der Waals surface area (Å²) in [5, 5.41) is 12.4. The van der Waals surface area contributed by atoms with Crippen molar-refractivity contribution in [3.05, 3.63) is 29.3 Å². The van der Waals surface area contributed by atoms with Crippen molar-refractivity contribution >= 4 is 39.1 Å². The number of amides is 1. The molecule has 1 aliphatic rings. The Morgan fingerprint density at radius 3 is 2.88 bits per heavy atom. The van der Waals surface area contributed by atoms with E-state index in [4.69, 9.17) is 11.6 Å². The van der Waals surface area contributed by atoms with Gasteiger partial charge in [-0.25, -0.2) is 8.42 Å². The summed E-state index contributed by atoms with van der Waals surface area (Å²) in [7, 11) is -3.01. The minimum Gasteiger partial charge on any atom is -0.352 e. The number of aromatic nitrogens is 3. The Labute approximate surface area is 161 Å². The highest BCUT2D eigenvalue weighted by molar-refractivity contribution is 7.99. The van der Waals surface area contributed by atoms with Gasteiger partial charge in [-0.1, -0.05) is 35.5 Å². The van der Waals surface area contributed by atoms with Crippen LogP contribution in [0.15, 0.2) is 29.4 Å². The molecular weight excluding hydrogens is 396 g/mol. The molecule has 1 saturated heterocycles. The maximum Gasteiger partial charge on any atom is 0.230 e. The zero-order valence-corrected chi connectivity index (χ0v) is 16.6. The average molecular weight is 415 g/mol. The van der Waals surface area contributed by atoms with Crippen LogP contribution in [0.25, 0.3) is 11.4 Å². The van der Waals surface area contributed by atoms with E-state index < -0.39 is 9.84 Å². The molecule has 1 atom stereocenters. The van der Waals surface area contributed by atoms with Crippen molar-refractivity contribution < 1.29 is 13.2 Å². The second-order valence-corrected chi connectivity index (χ2v) is 9.62. The zero-order valence-electron chi connectivity index (χ0n) is 14.2. The van der Waals surface area contributed by atoms with Gasteiger partial charge < -0.3 is 9.88 Å². The molecule has 26 heavy (non-hydrogen) atoms. The monoisotopic (exact) mass is 414 g/mol. The first-order valence-electron chi connectivity index (χ1n) is 8.19. The van der Waals surface area contributed by atoms with Gasteiger partial charge >= 0.3 is 0 Å². The molecule has 10 heteroatoms. The van der Waals surface area contributed by atoms with Crippen LogP contribution in [0.3, 0.4) is 0 Å². The van der Waals surface area contributed by atoms with Crippen molar-refractivity contribution in [3.63, 3.8) is 0 Å². The molecular formula is C16H19ClN4O3S2. The minimum atomic E-state index is -3.01. The lowest BCUT2D eigenvalue weighted by Gasteiger charge is -2.11. The topological polar surface area (TPSA) is 94.0 Å². The fraction of sp³-hybridized carbons (Fsp3) is 0.438. The number of carbonyl (C=O) groups is 1. The summed E-state index contributed by atoms with van der Waals surface area (Å²) in [5.41, 5.74) is 0.860. The predicted molar refractivity (Wildman–Crippen MR) is 102 cm³/mol. The third-order valence-corrected chi connectivity index (χ3v) is 7.02. The molecule has 1 aromatic carbocycles. The number of rotatable bonds is 6. The number of halogens is 1. The summed E-state index contributed by atoms with van der Waals surface area (Å²) in [4.78, 5) is 12.1. The Bertz CT molecular complexity index is 914. The molecule has 7 nitrogen and oxygen atoms in total. The van der Waals surface area contributed by atoms with Crippen LogP contribution in [0.2, 0.25) is 5.02 Å². The van der Waals surface area contributed by atoms with Gasteiger partial charge in [0.25, 0.3) is 0 Å². The fourth-order valence-electron chi connectivity index (χ4n) is 2.83. The predicted octanol–water partition coefficient (Wildman–Crippen LogP) is 2.01. The van der Waals surface area contributed by atoms with E-state index in [1.54, 1.807) is 6.07 Å². The number of carbonyl (C=O) groups excluding carboxylic acids is 1. The maximum atomic E-state index is 12.1. The minimum absolute atomic E-state index is 0.0213. The van der Waals surface area contributed by atoms with Crippen molar-refractivity contribution in [2.45, 2.75) is 31.1 Å². The van der Waals surface area contributed by atoms with E-state index >= 15 is 0 Å². The second kappa shape index (κ2) is 7.98. The second-order valence-electron chi connectivity index (χ2n) is 6.02. The largest absolute Gasteiger partial charge is 0.352 e. The molecule has 3 rings (SSSR count). The van der Waals surface area contributed by atoms with Crippen molar-refractivity contribution in [2.24, 2.45) is 0 Å². The molecule has 2 aromatic rings. The lowest BCUT2D eigenvalue weighted by Crippen LogP contribution is -2.36. The number of hydrogen-bond acceptors (Lipinski definition) is 6. The molecule has 140 valence electrons. The lowest BCUT2D eigenvalue weighted by atomic mass is 10.2. The number of sulfone groups is 1. The van der Waals surface area contributed by atoms with Gasteiger partial charge in [0.2, 0.25) is 5.91 Å². The highest BCUT2D eigenvalue weighted by Gasteiger charge is 2.29. The zero-order chi connectivity index (χ0) is 18.7. The molecule has 1 N–H and O–H groups in total. The number of benzene rings is 1. The van der Waals surface area contributed by atoms with Crippen LogP contribution < -0.4 is 5.32 Å². The lowest BCUT2D eigenvalue weighted by molar-refractivity contribution is -0.119. The highest BCUT2D eigenvalue weighted by Crippen LogP contribution is 2.25. The first-order chi connectivity index (χ1) is 12.4. The van der Waals surface area contributed by atoms with E-state index in [0.717, 1.165) is 5.56 Å². The Kier molecular flexibility index (Phi) is 5.89. The molecule has 2 heterocycles. The molecule has 0 radical (unpaired) electrons.